The van der Waals surface area contributed by atoms with Crippen LogP contribution in [-0.2, 0) is 14.6 Å². The molecule has 2 atom stereocenters. The second kappa shape index (κ2) is 5.40. The van der Waals surface area contributed by atoms with Gasteiger partial charge in [-0.25, -0.2) is 13.1 Å². The molecule has 0 aromatic carbocycles. The average molecular weight is 369 g/mol. The number of rotatable bonds is 1. The van der Waals surface area contributed by atoms with Crippen LogP contribution in [0.4, 0.5) is 19.0 Å². The predicted octanol–water partition coefficient (Wildman–Crippen LogP) is 1.84. The van der Waals surface area contributed by atoms with Crippen LogP contribution in [0.1, 0.15) is 29.0 Å². The number of halogens is 3. The smallest absolute Gasteiger partial charge is 0.310 e. The summed E-state index contributed by atoms with van der Waals surface area (Å²) >= 11 is 0.503. The number of carbonyl (C=O) groups is 1. The van der Waals surface area contributed by atoms with Gasteiger partial charge in [0.2, 0.25) is 5.91 Å². The quantitative estimate of drug-likeness (QED) is 0.817. The molecule has 0 saturated carbocycles. The fourth-order valence-corrected chi connectivity index (χ4v) is 5.62. The molecule has 11 heteroatoms. The van der Waals surface area contributed by atoms with E-state index in [0.717, 1.165) is 0 Å². The fourth-order valence-electron chi connectivity index (χ4n) is 2.90. The molecule has 1 fully saturated rings. The Kier molecular flexibility index (Phi) is 3.90. The Morgan fingerprint density at radius 3 is 2.65 bits per heavy atom. The average Bonchev–Trinajstić information content (AvgIpc) is 2.83. The number of anilines is 1. The largest absolute Gasteiger partial charge is 0.404 e. The number of nitrogens with zero attached hydrogens (tertiary/aromatic N) is 2. The predicted molar refractivity (Wildman–Crippen MR) is 79.2 cm³/mol. The Balaban J connectivity index is 2.10. The van der Waals surface area contributed by atoms with Gasteiger partial charge in [-0.3, -0.25) is 4.79 Å². The number of nitrogens with one attached hydrogen (secondary N) is 1. The molecular formula is C12H14F3N3O3S2. The highest BCUT2D eigenvalue weighted by Crippen LogP contribution is 2.49. The fraction of sp³-hybridized carbons (Fsp3) is 0.667. The molecule has 1 amide bonds. The number of hydrogen-bond acceptors (Lipinski definition) is 5. The summed E-state index contributed by atoms with van der Waals surface area (Å²) in [6, 6.07) is -0.556. The monoisotopic (exact) mass is 369 g/mol. The summed E-state index contributed by atoms with van der Waals surface area (Å²) < 4.78 is 64.5. The van der Waals surface area contributed by atoms with Gasteiger partial charge in [0, 0.05) is 5.56 Å². The van der Waals surface area contributed by atoms with Gasteiger partial charge in [-0.15, -0.1) is 11.8 Å². The SMILES string of the molecule is Cc1nn([C@@H]2CCS(=O)(=O)C2)c2c1[C@@H](C(F)(F)F)SCC(=O)N2. The van der Waals surface area contributed by atoms with Gasteiger partial charge in [0.1, 0.15) is 11.1 Å². The topological polar surface area (TPSA) is 81.1 Å². The molecule has 1 aromatic heterocycles. The number of amides is 1. The molecule has 6 nitrogen and oxygen atoms in total. The molecule has 0 spiro atoms. The Labute approximate surface area is 134 Å². The van der Waals surface area contributed by atoms with Crippen molar-refractivity contribution in [3.8, 4) is 0 Å². The molecule has 3 heterocycles. The van der Waals surface area contributed by atoms with Gasteiger partial charge < -0.3 is 5.32 Å². The standard InChI is InChI=1S/C12H14F3N3O3S2/c1-6-9-10(12(13,14)15)22-4-8(19)16-11(9)18(17-6)7-2-3-23(20,21)5-7/h7,10H,2-5H2,1H3,(H,16,19)/t7-,10+/m1/s1. The van der Waals surface area contributed by atoms with E-state index in [9.17, 15) is 26.4 Å². The normalized spacial score (nSPS) is 27.4. The third-order valence-corrected chi connectivity index (χ3v) is 6.90. The zero-order valence-electron chi connectivity index (χ0n) is 12.1. The Hall–Kier alpha value is -1.23. The minimum Gasteiger partial charge on any atom is -0.310 e. The number of aromatic nitrogens is 2. The Morgan fingerprint density at radius 1 is 1.39 bits per heavy atom. The lowest BCUT2D eigenvalue weighted by Crippen LogP contribution is -2.20. The molecule has 0 radical (unpaired) electrons. The molecule has 0 unspecified atom stereocenters. The number of fused-ring (bicyclic) bond motifs is 1. The number of thioether (sulfide) groups is 1. The van der Waals surface area contributed by atoms with Gasteiger partial charge in [0.25, 0.3) is 0 Å². The zero-order valence-corrected chi connectivity index (χ0v) is 13.7. The first kappa shape index (κ1) is 16.6. The van der Waals surface area contributed by atoms with E-state index in [1.807, 2.05) is 0 Å². The maximum absolute atomic E-state index is 13.3. The van der Waals surface area contributed by atoms with Crippen LogP contribution in [0.5, 0.6) is 0 Å². The van der Waals surface area contributed by atoms with Crippen molar-refractivity contribution in [3.05, 3.63) is 11.3 Å². The summed E-state index contributed by atoms with van der Waals surface area (Å²) in [6.07, 6.45) is -4.25. The first-order chi connectivity index (χ1) is 10.6. The lowest BCUT2D eigenvalue weighted by atomic mass is 10.1. The second-order valence-corrected chi connectivity index (χ2v) is 8.95. The lowest BCUT2D eigenvalue weighted by molar-refractivity contribution is -0.129. The number of aryl methyl sites for hydroxylation is 1. The Morgan fingerprint density at radius 2 is 2.09 bits per heavy atom. The molecule has 1 saturated heterocycles. The highest BCUT2D eigenvalue weighted by atomic mass is 32.2. The number of alkyl halides is 3. The van der Waals surface area contributed by atoms with Crippen molar-refractivity contribution in [2.75, 3.05) is 22.6 Å². The maximum atomic E-state index is 13.3. The van der Waals surface area contributed by atoms with Crippen molar-refractivity contribution in [2.45, 2.75) is 30.8 Å². The maximum Gasteiger partial charge on any atom is 0.404 e. The first-order valence-electron chi connectivity index (χ1n) is 6.86. The van der Waals surface area contributed by atoms with Crippen molar-refractivity contribution in [3.63, 3.8) is 0 Å². The minimum absolute atomic E-state index is 0.0260. The van der Waals surface area contributed by atoms with Crippen LogP contribution in [-0.4, -0.2) is 47.5 Å². The van der Waals surface area contributed by atoms with Crippen LogP contribution < -0.4 is 5.32 Å². The van der Waals surface area contributed by atoms with Crippen molar-refractivity contribution in [2.24, 2.45) is 0 Å². The number of sulfone groups is 1. The highest BCUT2D eigenvalue weighted by molar-refractivity contribution is 8.00. The molecule has 1 N–H and O–H groups in total. The highest BCUT2D eigenvalue weighted by Gasteiger charge is 2.47. The van der Waals surface area contributed by atoms with E-state index in [4.69, 9.17) is 0 Å². The number of carbonyl (C=O) groups excluding carboxylic acids is 1. The van der Waals surface area contributed by atoms with Crippen molar-refractivity contribution >= 4 is 33.3 Å². The van der Waals surface area contributed by atoms with Crippen LogP contribution in [0.2, 0.25) is 0 Å². The molecular weight excluding hydrogens is 355 g/mol. The molecule has 2 aliphatic rings. The van der Waals surface area contributed by atoms with E-state index in [0.29, 0.717) is 11.8 Å². The number of hydrogen-bond donors (Lipinski definition) is 1. The van der Waals surface area contributed by atoms with Crippen molar-refractivity contribution in [1.29, 1.82) is 0 Å². The van der Waals surface area contributed by atoms with Crippen LogP contribution in [0, 0.1) is 6.92 Å². The van der Waals surface area contributed by atoms with E-state index >= 15 is 0 Å². The van der Waals surface area contributed by atoms with E-state index in [2.05, 4.69) is 10.4 Å². The lowest BCUT2D eigenvalue weighted by Gasteiger charge is -2.18. The summed E-state index contributed by atoms with van der Waals surface area (Å²) in [5.74, 6) is -1.11. The molecule has 0 bridgehead atoms. The van der Waals surface area contributed by atoms with Crippen LogP contribution in [0.3, 0.4) is 0 Å². The van der Waals surface area contributed by atoms with E-state index < -0.39 is 33.2 Å². The summed E-state index contributed by atoms with van der Waals surface area (Å²) in [4.78, 5) is 11.8. The van der Waals surface area contributed by atoms with Crippen molar-refractivity contribution in [1.82, 2.24) is 9.78 Å². The van der Waals surface area contributed by atoms with E-state index in [1.54, 1.807) is 0 Å². The molecule has 3 rings (SSSR count). The molecule has 128 valence electrons. The summed E-state index contributed by atoms with van der Waals surface area (Å²) in [7, 11) is -3.23. The van der Waals surface area contributed by atoms with Crippen LogP contribution >= 0.6 is 11.8 Å². The van der Waals surface area contributed by atoms with Gasteiger partial charge in [-0.1, -0.05) is 0 Å². The minimum atomic E-state index is -4.52. The van der Waals surface area contributed by atoms with Gasteiger partial charge >= 0.3 is 6.18 Å². The van der Waals surface area contributed by atoms with E-state index in [-0.39, 0.29) is 40.8 Å². The van der Waals surface area contributed by atoms with Gasteiger partial charge in [-0.2, -0.15) is 18.3 Å². The Bertz CT molecular complexity index is 758. The van der Waals surface area contributed by atoms with Crippen LogP contribution in [0.25, 0.3) is 0 Å². The molecule has 23 heavy (non-hydrogen) atoms. The summed E-state index contributed by atoms with van der Waals surface area (Å²) in [5, 5.41) is 4.71. The van der Waals surface area contributed by atoms with Crippen LogP contribution in [0.15, 0.2) is 0 Å². The summed E-state index contributed by atoms with van der Waals surface area (Å²) in [6.45, 7) is 1.44. The van der Waals surface area contributed by atoms with E-state index in [1.165, 1.54) is 11.6 Å². The molecule has 1 aromatic rings. The third-order valence-electron chi connectivity index (χ3n) is 3.88. The molecule has 2 aliphatic heterocycles. The van der Waals surface area contributed by atoms with Gasteiger partial charge in [-0.05, 0) is 13.3 Å². The third kappa shape index (κ3) is 3.08. The van der Waals surface area contributed by atoms with Gasteiger partial charge in [0.05, 0.1) is 29.0 Å². The van der Waals surface area contributed by atoms with Gasteiger partial charge in [0.15, 0.2) is 9.84 Å². The first-order valence-corrected chi connectivity index (χ1v) is 9.73. The summed E-state index contributed by atoms with van der Waals surface area (Å²) in [5.41, 5.74) is 0.0685. The zero-order chi connectivity index (χ0) is 17.0. The molecule has 0 aliphatic carbocycles. The van der Waals surface area contributed by atoms with Crippen molar-refractivity contribution < 1.29 is 26.4 Å². The second-order valence-electron chi connectivity index (χ2n) is 5.63.